The van der Waals surface area contributed by atoms with E-state index in [0.29, 0.717) is 5.41 Å². The molecule has 0 spiro atoms. The van der Waals surface area contributed by atoms with Gasteiger partial charge in [0.1, 0.15) is 0 Å². The number of hydrogen-bond donors (Lipinski definition) is 0. The van der Waals surface area contributed by atoms with E-state index in [1.807, 2.05) is 5.38 Å². The Kier molecular flexibility index (Phi) is 3.12. The first kappa shape index (κ1) is 11.1. The van der Waals surface area contributed by atoms with E-state index in [0.717, 1.165) is 25.0 Å². The SMILES string of the molecule is CC1(C)CC(Cc2csnn2)=CC(Cl)C1. The molecule has 0 saturated carbocycles. The van der Waals surface area contributed by atoms with Crippen molar-refractivity contribution in [3.8, 4) is 0 Å². The van der Waals surface area contributed by atoms with Crippen LogP contribution in [0.5, 0.6) is 0 Å². The summed E-state index contributed by atoms with van der Waals surface area (Å²) in [6, 6.07) is 0. The summed E-state index contributed by atoms with van der Waals surface area (Å²) in [4.78, 5) is 0. The van der Waals surface area contributed by atoms with Crippen molar-refractivity contribution in [3.05, 3.63) is 22.7 Å². The first-order valence-electron chi connectivity index (χ1n) is 5.15. The fraction of sp³-hybridized carbons (Fsp3) is 0.636. The Hall–Kier alpha value is -0.410. The molecule has 0 N–H and O–H groups in total. The van der Waals surface area contributed by atoms with Crippen molar-refractivity contribution < 1.29 is 0 Å². The zero-order valence-corrected chi connectivity index (χ0v) is 10.6. The summed E-state index contributed by atoms with van der Waals surface area (Å²) in [7, 11) is 0. The predicted octanol–water partition coefficient (Wildman–Crippen LogP) is 3.43. The van der Waals surface area contributed by atoms with E-state index in [2.05, 4.69) is 29.5 Å². The molecule has 2 nitrogen and oxygen atoms in total. The molecule has 1 heterocycles. The van der Waals surface area contributed by atoms with Crippen LogP contribution >= 0.6 is 23.1 Å². The first-order valence-corrected chi connectivity index (χ1v) is 6.42. The lowest BCUT2D eigenvalue weighted by Gasteiger charge is -2.32. The van der Waals surface area contributed by atoms with Gasteiger partial charge in [-0.3, -0.25) is 0 Å². The number of aromatic nitrogens is 2. The monoisotopic (exact) mass is 242 g/mol. The minimum atomic E-state index is 0.176. The molecule has 1 aromatic heterocycles. The minimum Gasteiger partial charge on any atom is -0.143 e. The number of hydrogen-bond acceptors (Lipinski definition) is 3. The van der Waals surface area contributed by atoms with Gasteiger partial charge in [0.05, 0.1) is 11.1 Å². The summed E-state index contributed by atoms with van der Waals surface area (Å²) in [5.41, 5.74) is 2.78. The third-order valence-electron chi connectivity index (χ3n) is 2.68. The number of nitrogens with zero attached hydrogens (tertiary/aromatic N) is 2. The van der Waals surface area contributed by atoms with E-state index in [1.54, 1.807) is 0 Å². The highest BCUT2D eigenvalue weighted by molar-refractivity contribution is 7.03. The van der Waals surface area contributed by atoms with Crippen LogP contribution in [-0.4, -0.2) is 15.0 Å². The van der Waals surface area contributed by atoms with Gasteiger partial charge in [0.2, 0.25) is 0 Å². The molecule has 0 bridgehead atoms. The average molecular weight is 243 g/mol. The summed E-state index contributed by atoms with van der Waals surface area (Å²) in [5.74, 6) is 0. The van der Waals surface area contributed by atoms with E-state index in [1.165, 1.54) is 17.1 Å². The minimum absolute atomic E-state index is 0.176. The number of halogens is 1. The Morgan fingerprint density at radius 3 is 3.00 bits per heavy atom. The van der Waals surface area contributed by atoms with Crippen molar-refractivity contribution in [1.29, 1.82) is 0 Å². The molecule has 0 radical (unpaired) electrons. The van der Waals surface area contributed by atoms with E-state index in [9.17, 15) is 0 Å². The largest absolute Gasteiger partial charge is 0.143 e. The molecule has 2 rings (SSSR count). The molecular weight excluding hydrogens is 228 g/mol. The maximum atomic E-state index is 6.23. The van der Waals surface area contributed by atoms with Crippen molar-refractivity contribution in [2.75, 3.05) is 0 Å². The van der Waals surface area contributed by atoms with Crippen LogP contribution in [0.3, 0.4) is 0 Å². The molecule has 0 fully saturated rings. The Balaban J connectivity index is 2.09. The highest BCUT2D eigenvalue weighted by Crippen LogP contribution is 2.38. The van der Waals surface area contributed by atoms with Gasteiger partial charge in [-0.05, 0) is 29.8 Å². The van der Waals surface area contributed by atoms with Gasteiger partial charge in [-0.2, -0.15) is 0 Å². The molecule has 0 amide bonds. The van der Waals surface area contributed by atoms with Crippen LogP contribution in [0.4, 0.5) is 0 Å². The smallest absolute Gasteiger partial charge is 0.0795 e. The van der Waals surface area contributed by atoms with Gasteiger partial charge < -0.3 is 0 Å². The van der Waals surface area contributed by atoms with E-state index >= 15 is 0 Å². The summed E-state index contributed by atoms with van der Waals surface area (Å²) in [6.45, 7) is 4.54. The zero-order valence-electron chi connectivity index (χ0n) is 9.03. The van der Waals surface area contributed by atoms with Crippen molar-refractivity contribution in [3.63, 3.8) is 0 Å². The number of alkyl halides is 1. The average Bonchev–Trinajstić information content (AvgIpc) is 2.52. The highest BCUT2D eigenvalue weighted by Gasteiger charge is 2.27. The van der Waals surface area contributed by atoms with Crippen molar-refractivity contribution in [2.45, 2.75) is 38.5 Å². The maximum absolute atomic E-state index is 6.23. The normalized spacial score (nSPS) is 25.0. The zero-order chi connectivity index (χ0) is 10.9. The number of allylic oxidation sites excluding steroid dienone is 2. The van der Waals surface area contributed by atoms with Gasteiger partial charge in [0, 0.05) is 11.8 Å². The van der Waals surface area contributed by atoms with Crippen LogP contribution in [0.1, 0.15) is 32.4 Å². The van der Waals surface area contributed by atoms with Crippen LogP contribution in [-0.2, 0) is 6.42 Å². The quantitative estimate of drug-likeness (QED) is 0.587. The summed E-state index contributed by atoms with van der Waals surface area (Å²) >= 11 is 7.63. The van der Waals surface area contributed by atoms with Gasteiger partial charge in [0.15, 0.2) is 0 Å². The van der Waals surface area contributed by atoms with Crippen LogP contribution < -0.4 is 0 Å². The summed E-state index contributed by atoms with van der Waals surface area (Å²) < 4.78 is 3.87. The van der Waals surface area contributed by atoms with Gasteiger partial charge in [-0.25, -0.2) is 0 Å². The molecular formula is C11H15ClN2S. The van der Waals surface area contributed by atoms with Gasteiger partial charge in [0.25, 0.3) is 0 Å². The van der Waals surface area contributed by atoms with Crippen LogP contribution in [0.2, 0.25) is 0 Å². The second-order valence-electron chi connectivity index (χ2n) is 4.96. The Bertz CT molecular complexity index is 357. The molecule has 1 aliphatic rings. The van der Waals surface area contributed by atoms with Crippen LogP contribution in [0.15, 0.2) is 17.0 Å². The molecule has 0 aromatic carbocycles. The van der Waals surface area contributed by atoms with Crippen molar-refractivity contribution in [2.24, 2.45) is 5.41 Å². The molecule has 0 aliphatic heterocycles. The van der Waals surface area contributed by atoms with Crippen molar-refractivity contribution >= 4 is 23.1 Å². The molecule has 0 saturated heterocycles. The van der Waals surface area contributed by atoms with Gasteiger partial charge in [-0.1, -0.05) is 30.0 Å². The first-order chi connectivity index (χ1) is 7.05. The highest BCUT2D eigenvalue weighted by atomic mass is 35.5. The molecule has 4 heteroatoms. The third-order valence-corrected chi connectivity index (χ3v) is 3.52. The summed E-state index contributed by atoms with van der Waals surface area (Å²) in [6.07, 6.45) is 5.27. The van der Waals surface area contributed by atoms with E-state index in [4.69, 9.17) is 11.6 Å². The fourth-order valence-electron chi connectivity index (χ4n) is 2.20. The van der Waals surface area contributed by atoms with Crippen molar-refractivity contribution in [1.82, 2.24) is 9.59 Å². The molecule has 1 aromatic rings. The number of rotatable bonds is 2. The Morgan fingerprint density at radius 2 is 2.40 bits per heavy atom. The Labute approximate surface area is 99.5 Å². The lowest BCUT2D eigenvalue weighted by Crippen LogP contribution is -2.22. The molecule has 15 heavy (non-hydrogen) atoms. The summed E-state index contributed by atoms with van der Waals surface area (Å²) in [5, 5.41) is 6.25. The topological polar surface area (TPSA) is 25.8 Å². The third kappa shape index (κ3) is 3.02. The predicted molar refractivity (Wildman–Crippen MR) is 64.4 cm³/mol. The molecule has 1 atom stereocenters. The van der Waals surface area contributed by atoms with E-state index in [-0.39, 0.29) is 5.38 Å². The molecule has 1 aliphatic carbocycles. The van der Waals surface area contributed by atoms with E-state index < -0.39 is 0 Å². The maximum Gasteiger partial charge on any atom is 0.0795 e. The second kappa shape index (κ2) is 4.22. The Morgan fingerprint density at radius 1 is 1.60 bits per heavy atom. The lowest BCUT2D eigenvalue weighted by atomic mass is 9.76. The molecule has 82 valence electrons. The van der Waals surface area contributed by atoms with Crippen LogP contribution in [0.25, 0.3) is 0 Å². The van der Waals surface area contributed by atoms with Gasteiger partial charge in [-0.15, -0.1) is 16.7 Å². The fourth-order valence-corrected chi connectivity index (χ4v) is 3.25. The molecule has 1 unspecified atom stereocenters. The van der Waals surface area contributed by atoms with Crippen LogP contribution in [0, 0.1) is 5.41 Å². The van der Waals surface area contributed by atoms with Gasteiger partial charge >= 0.3 is 0 Å². The second-order valence-corrected chi connectivity index (χ2v) is 6.13. The standard InChI is InChI=1S/C11H15ClN2S/c1-11(2)5-8(3-9(12)6-11)4-10-7-15-14-13-10/h3,7,9H,4-6H2,1-2H3. The lowest BCUT2D eigenvalue weighted by molar-refractivity contribution is 0.320.